The lowest BCUT2D eigenvalue weighted by Crippen LogP contribution is -2.32. The number of nitrogens with one attached hydrogen (secondary N) is 1. The van der Waals surface area contributed by atoms with E-state index in [2.05, 4.69) is 41.1 Å². The van der Waals surface area contributed by atoms with Crippen molar-refractivity contribution in [1.82, 2.24) is 14.9 Å². The van der Waals surface area contributed by atoms with Gasteiger partial charge in [-0.15, -0.1) is 0 Å². The first-order chi connectivity index (χ1) is 7.63. The molecule has 1 aromatic heterocycles. The zero-order chi connectivity index (χ0) is 12.0. The number of hydrogen-bond acceptors (Lipinski definition) is 4. The quantitative estimate of drug-likeness (QED) is 0.831. The molecule has 1 atom stereocenters. The molecule has 0 bridgehead atoms. The Morgan fingerprint density at radius 3 is 2.62 bits per heavy atom. The molecule has 4 nitrogen and oxygen atoms in total. The van der Waals surface area contributed by atoms with E-state index in [1.54, 1.807) is 12.4 Å². The van der Waals surface area contributed by atoms with Gasteiger partial charge in [-0.3, -0.25) is 0 Å². The normalized spacial score (nSPS) is 12.8. The average molecular weight is 243 g/mol. The van der Waals surface area contributed by atoms with E-state index in [4.69, 9.17) is 11.6 Å². The standard InChI is InChI=1S/C11H19ClN4/c1-4-9(2)16(3)6-5-13-11-14-7-10(12)8-15-11/h7-9H,4-6H2,1-3H3,(H,13,14,15). The summed E-state index contributed by atoms with van der Waals surface area (Å²) < 4.78 is 0. The van der Waals surface area contributed by atoms with Crippen LogP contribution >= 0.6 is 11.6 Å². The Balaban J connectivity index is 2.27. The molecule has 5 heteroatoms. The van der Waals surface area contributed by atoms with E-state index >= 15 is 0 Å². The second-order valence-electron chi connectivity index (χ2n) is 3.89. The molecule has 16 heavy (non-hydrogen) atoms. The SMILES string of the molecule is CCC(C)N(C)CCNc1ncc(Cl)cn1. The van der Waals surface area contributed by atoms with Gasteiger partial charge in [0.1, 0.15) is 0 Å². The molecule has 0 fully saturated rings. The molecule has 1 unspecified atom stereocenters. The predicted molar refractivity (Wildman–Crippen MR) is 67.9 cm³/mol. The summed E-state index contributed by atoms with van der Waals surface area (Å²) in [4.78, 5) is 10.4. The molecule has 0 amide bonds. The first-order valence-electron chi connectivity index (χ1n) is 5.55. The van der Waals surface area contributed by atoms with Crippen LogP contribution in [0.3, 0.4) is 0 Å². The third-order valence-corrected chi connectivity index (χ3v) is 2.91. The zero-order valence-electron chi connectivity index (χ0n) is 10.1. The highest BCUT2D eigenvalue weighted by Gasteiger charge is 2.05. The summed E-state index contributed by atoms with van der Waals surface area (Å²) in [5, 5.41) is 3.72. The molecule has 0 saturated heterocycles. The van der Waals surface area contributed by atoms with E-state index in [0.29, 0.717) is 17.0 Å². The van der Waals surface area contributed by atoms with Crippen LogP contribution in [0.1, 0.15) is 20.3 Å². The van der Waals surface area contributed by atoms with E-state index < -0.39 is 0 Å². The van der Waals surface area contributed by atoms with Crippen LogP contribution in [-0.2, 0) is 0 Å². The summed E-state index contributed by atoms with van der Waals surface area (Å²) in [6.45, 7) is 6.22. The molecule has 1 rings (SSSR count). The first-order valence-corrected chi connectivity index (χ1v) is 5.93. The number of anilines is 1. The minimum Gasteiger partial charge on any atom is -0.353 e. The van der Waals surface area contributed by atoms with Crippen molar-refractivity contribution in [2.24, 2.45) is 0 Å². The van der Waals surface area contributed by atoms with Crippen molar-refractivity contribution in [2.45, 2.75) is 26.3 Å². The van der Waals surface area contributed by atoms with Crippen molar-refractivity contribution >= 4 is 17.5 Å². The van der Waals surface area contributed by atoms with E-state index in [0.717, 1.165) is 19.5 Å². The number of aromatic nitrogens is 2. The summed E-state index contributed by atoms with van der Waals surface area (Å²) in [5.74, 6) is 0.627. The molecule has 1 N–H and O–H groups in total. The fourth-order valence-corrected chi connectivity index (χ4v) is 1.38. The van der Waals surface area contributed by atoms with Gasteiger partial charge >= 0.3 is 0 Å². The summed E-state index contributed by atoms with van der Waals surface area (Å²) in [6, 6.07) is 0.605. The van der Waals surface area contributed by atoms with Crippen LogP contribution in [-0.4, -0.2) is 41.0 Å². The van der Waals surface area contributed by atoms with E-state index in [1.807, 2.05) is 0 Å². The van der Waals surface area contributed by atoms with Gasteiger partial charge in [-0.1, -0.05) is 18.5 Å². The lowest BCUT2D eigenvalue weighted by molar-refractivity contribution is 0.261. The van der Waals surface area contributed by atoms with E-state index in [-0.39, 0.29) is 0 Å². The van der Waals surface area contributed by atoms with Gasteiger partial charge < -0.3 is 10.2 Å². The van der Waals surface area contributed by atoms with Gasteiger partial charge in [0.05, 0.1) is 17.4 Å². The van der Waals surface area contributed by atoms with E-state index in [9.17, 15) is 0 Å². The molecule has 0 radical (unpaired) electrons. The van der Waals surface area contributed by atoms with Crippen LogP contribution in [0.2, 0.25) is 5.02 Å². The molecule has 0 aliphatic carbocycles. The number of halogens is 1. The molecule has 0 spiro atoms. The minimum absolute atomic E-state index is 0.558. The Kier molecular flexibility index (Phi) is 5.49. The number of hydrogen-bond donors (Lipinski definition) is 1. The maximum absolute atomic E-state index is 5.70. The number of likely N-dealkylation sites (N-methyl/N-ethyl adjacent to an activating group) is 1. The highest BCUT2D eigenvalue weighted by Crippen LogP contribution is 2.05. The summed E-state index contributed by atoms with van der Waals surface area (Å²) in [7, 11) is 2.12. The highest BCUT2D eigenvalue weighted by atomic mass is 35.5. The highest BCUT2D eigenvalue weighted by molar-refractivity contribution is 6.30. The van der Waals surface area contributed by atoms with Crippen LogP contribution in [0.4, 0.5) is 5.95 Å². The molecule has 0 aliphatic rings. The Bertz CT molecular complexity index is 301. The maximum atomic E-state index is 5.70. The molecule has 0 saturated carbocycles. The third-order valence-electron chi connectivity index (χ3n) is 2.71. The largest absolute Gasteiger partial charge is 0.353 e. The van der Waals surface area contributed by atoms with Crippen LogP contribution in [0.15, 0.2) is 12.4 Å². The fraction of sp³-hybridized carbons (Fsp3) is 0.636. The average Bonchev–Trinajstić information content (AvgIpc) is 2.30. The van der Waals surface area contributed by atoms with Crippen LogP contribution in [0.25, 0.3) is 0 Å². The Labute approximate surface area is 102 Å². The molecule has 1 heterocycles. The minimum atomic E-state index is 0.558. The second kappa shape index (κ2) is 6.66. The van der Waals surface area contributed by atoms with E-state index in [1.165, 1.54) is 0 Å². The van der Waals surface area contributed by atoms with Gasteiger partial charge in [0.25, 0.3) is 0 Å². The summed E-state index contributed by atoms with van der Waals surface area (Å²) >= 11 is 5.70. The molecule has 0 aromatic carbocycles. The zero-order valence-corrected chi connectivity index (χ0v) is 10.8. The van der Waals surface area contributed by atoms with Gasteiger partial charge in [0.2, 0.25) is 5.95 Å². The molecular formula is C11H19ClN4. The van der Waals surface area contributed by atoms with Gasteiger partial charge in [-0.25, -0.2) is 9.97 Å². The van der Waals surface area contributed by atoms with Crippen LogP contribution in [0, 0.1) is 0 Å². The Morgan fingerprint density at radius 1 is 1.44 bits per heavy atom. The van der Waals surface area contributed by atoms with Crippen LogP contribution < -0.4 is 5.32 Å². The van der Waals surface area contributed by atoms with Gasteiger partial charge in [-0.05, 0) is 20.4 Å². The van der Waals surface area contributed by atoms with Gasteiger partial charge in [-0.2, -0.15) is 0 Å². The Hall–Kier alpha value is -0.870. The first kappa shape index (κ1) is 13.2. The number of rotatable bonds is 6. The summed E-state index contributed by atoms with van der Waals surface area (Å²) in [5.41, 5.74) is 0. The van der Waals surface area contributed by atoms with Gasteiger partial charge in [0, 0.05) is 19.1 Å². The topological polar surface area (TPSA) is 41.0 Å². The maximum Gasteiger partial charge on any atom is 0.222 e. The second-order valence-corrected chi connectivity index (χ2v) is 4.33. The van der Waals surface area contributed by atoms with Crippen molar-refractivity contribution in [2.75, 3.05) is 25.5 Å². The predicted octanol–water partition coefficient (Wildman–Crippen LogP) is 2.27. The summed E-state index contributed by atoms with van der Waals surface area (Å²) in [6.07, 6.45) is 4.35. The molecule has 0 aliphatic heterocycles. The fourth-order valence-electron chi connectivity index (χ4n) is 1.28. The van der Waals surface area contributed by atoms with Gasteiger partial charge in [0.15, 0.2) is 0 Å². The lowest BCUT2D eigenvalue weighted by atomic mass is 10.2. The smallest absolute Gasteiger partial charge is 0.222 e. The van der Waals surface area contributed by atoms with Crippen molar-refractivity contribution in [3.05, 3.63) is 17.4 Å². The van der Waals surface area contributed by atoms with Crippen molar-refractivity contribution in [1.29, 1.82) is 0 Å². The number of nitrogens with zero attached hydrogens (tertiary/aromatic N) is 3. The molecule has 90 valence electrons. The Morgan fingerprint density at radius 2 is 2.06 bits per heavy atom. The molecule has 1 aromatic rings. The van der Waals surface area contributed by atoms with Crippen LogP contribution in [0.5, 0.6) is 0 Å². The molecular weight excluding hydrogens is 224 g/mol. The lowest BCUT2D eigenvalue weighted by Gasteiger charge is -2.23. The third kappa shape index (κ3) is 4.33. The van der Waals surface area contributed by atoms with Crippen molar-refractivity contribution < 1.29 is 0 Å². The van der Waals surface area contributed by atoms with Crippen molar-refractivity contribution in [3.8, 4) is 0 Å². The monoisotopic (exact) mass is 242 g/mol. The van der Waals surface area contributed by atoms with Crippen molar-refractivity contribution in [3.63, 3.8) is 0 Å².